The van der Waals surface area contributed by atoms with E-state index >= 15 is 0 Å². The number of aromatic amines is 1. The number of nitrogens with one attached hydrogen (secondary N) is 1. The van der Waals surface area contributed by atoms with Gasteiger partial charge in [-0.1, -0.05) is 23.7 Å². The molecule has 7 nitrogen and oxygen atoms in total. The second-order valence-corrected chi connectivity index (χ2v) is 5.76. The van der Waals surface area contributed by atoms with Crippen molar-refractivity contribution in [2.45, 2.75) is 13.0 Å². The molecule has 122 valence electrons. The maximum Gasteiger partial charge on any atom is 0.329 e. The average molecular weight is 346 g/mol. The number of fused-ring (bicyclic) bond motifs is 1. The Kier molecular flexibility index (Phi) is 3.94. The molecule has 1 heterocycles. The Bertz CT molecular complexity index is 1050. The predicted octanol–water partition coefficient (Wildman–Crippen LogP) is 2.86. The molecule has 24 heavy (non-hydrogen) atoms. The monoisotopic (exact) mass is 345 g/mol. The summed E-state index contributed by atoms with van der Waals surface area (Å²) in [6.07, 6.45) is 0. The number of rotatable bonds is 3. The van der Waals surface area contributed by atoms with Crippen LogP contribution in [0.2, 0.25) is 5.02 Å². The standard InChI is InChI=1S/C16H12ClN3O4/c1-9(10-2-4-11(17)5-3-10)19-15(21)13-7-6-12(20(23)24)8-14(13)18-16(19)22/h2-9H,1H3,(H,18,22)/t9-/m1/s1. The summed E-state index contributed by atoms with van der Waals surface area (Å²) in [6.45, 7) is 1.72. The average Bonchev–Trinajstić information content (AvgIpc) is 2.54. The Morgan fingerprint density at radius 1 is 1.17 bits per heavy atom. The van der Waals surface area contributed by atoms with Crippen LogP contribution < -0.4 is 11.2 Å². The van der Waals surface area contributed by atoms with Crippen LogP contribution in [0.4, 0.5) is 5.69 Å². The molecular weight excluding hydrogens is 334 g/mol. The lowest BCUT2D eigenvalue weighted by Crippen LogP contribution is -2.37. The molecule has 0 saturated heterocycles. The van der Waals surface area contributed by atoms with Gasteiger partial charge in [-0.05, 0) is 30.7 Å². The Labute approximate surface area is 140 Å². The van der Waals surface area contributed by atoms with E-state index in [1.165, 1.54) is 18.2 Å². The zero-order chi connectivity index (χ0) is 17.4. The van der Waals surface area contributed by atoms with Gasteiger partial charge in [0.15, 0.2) is 0 Å². The number of nitro groups is 1. The first-order chi connectivity index (χ1) is 11.4. The Morgan fingerprint density at radius 3 is 2.46 bits per heavy atom. The van der Waals surface area contributed by atoms with E-state index in [1.54, 1.807) is 31.2 Å². The van der Waals surface area contributed by atoms with Crippen molar-refractivity contribution in [3.63, 3.8) is 0 Å². The van der Waals surface area contributed by atoms with Gasteiger partial charge in [-0.3, -0.25) is 19.5 Å². The molecular formula is C16H12ClN3O4. The van der Waals surface area contributed by atoms with Gasteiger partial charge < -0.3 is 4.98 Å². The fourth-order valence-electron chi connectivity index (χ4n) is 2.58. The van der Waals surface area contributed by atoms with Crippen molar-refractivity contribution in [3.8, 4) is 0 Å². The summed E-state index contributed by atoms with van der Waals surface area (Å²) in [6, 6.07) is 10.1. The molecule has 1 N–H and O–H groups in total. The van der Waals surface area contributed by atoms with Gasteiger partial charge in [0, 0.05) is 17.2 Å². The van der Waals surface area contributed by atoms with Crippen LogP contribution in [0.1, 0.15) is 18.5 Å². The fourth-order valence-corrected chi connectivity index (χ4v) is 2.70. The quantitative estimate of drug-likeness (QED) is 0.583. The van der Waals surface area contributed by atoms with E-state index in [4.69, 9.17) is 11.6 Å². The maximum atomic E-state index is 12.7. The van der Waals surface area contributed by atoms with Gasteiger partial charge in [-0.15, -0.1) is 0 Å². The first-order valence-electron chi connectivity index (χ1n) is 7.07. The summed E-state index contributed by atoms with van der Waals surface area (Å²) in [5.74, 6) is 0. The van der Waals surface area contributed by atoms with Gasteiger partial charge in [0.2, 0.25) is 0 Å². The lowest BCUT2D eigenvalue weighted by molar-refractivity contribution is -0.384. The molecule has 0 unspecified atom stereocenters. The van der Waals surface area contributed by atoms with Gasteiger partial charge in [-0.2, -0.15) is 0 Å². The van der Waals surface area contributed by atoms with E-state index in [0.717, 1.165) is 10.1 Å². The molecule has 3 aromatic rings. The molecule has 8 heteroatoms. The summed E-state index contributed by atoms with van der Waals surface area (Å²) in [7, 11) is 0. The minimum Gasteiger partial charge on any atom is -0.306 e. The molecule has 0 aliphatic heterocycles. The smallest absolute Gasteiger partial charge is 0.306 e. The van der Waals surface area contributed by atoms with Gasteiger partial charge in [0.05, 0.1) is 21.9 Å². The highest BCUT2D eigenvalue weighted by Crippen LogP contribution is 2.19. The number of nitrogens with zero attached hydrogens (tertiary/aromatic N) is 2. The topological polar surface area (TPSA) is 98.0 Å². The predicted molar refractivity (Wildman–Crippen MR) is 90.7 cm³/mol. The second kappa shape index (κ2) is 5.93. The number of non-ortho nitro benzene ring substituents is 1. The summed E-state index contributed by atoms with van der Waals surface area (Å²) in [4.78, 5) is 37.8. The molecule has 0 aliphatic carbocycles. The van der Waals surface area contributed by atoms with Crippen LogP contribution in [0.25, 0.3) is 10.9 Å². The highest BCUT2D eigenvalue weighted by atomic mass is 35.5. The summed E-state index contributed by atoms with van der Waals surface area (Å²) < 4.78 is 1.08. The van der Waals surface area contributed by atoms with Crippen molar-refractivity contribution in [2.75, 3.05) is 0 Å². The number of hydrogen-bond donors (Lipinski definition) is 1. The third-order valence-corrected chi connectivity index (χ3v) is 4.12. The van der Waals surface area contributed by atoms with Gasteiger partial charge in [0.1, 0.15) is 0 Å². The van der Waals surface area contributed by atoms with Gasteiger partial charge in [0.25, 0.3) is 11.2 Å². The van der Waals surface area contributed by atoms with Crippen LogP contribution in [0.3, 0.4) is 0 Å². The third kappa shape index (κ3) is 2.69. The Hall–Kier alpha value is -2.93. The second-order valence-electron chi connectivity index (χ2n) is 5.32. The van der Waals surface area contributed by atoms with Crippen molar-refractivity contribution in [2.24, 2.45) is 0 Å². The van der Waals surface area contributed by atoms with Crippen molar-refractivity contribution in [3.05, 3.63) is 84.0 Å². The summed E-state index contributed by atoms with van der Waals surface area (Å²) in [5.41, 5.74) is -0.449. The molecule has 1 aromatic heterocycles. The number of aromatic nitrogens is 2. The largest absolute Gasteiger partial charge is 0.329 e. The molecule has 0 aliphatic rings. The lowest BCUT2D eigenvalue weighted by atomic mass is 10.1. The number of hydrogen-bond acceptors (Lipinski definition) is 4. The minimum atomic E-state index is -0.629. The van der Waals surface area contributed by atoms with Gasteiger partial charge in [-0.25, -0.2) is 4.79 Å². The first-order valence-corrected chi connectivity index (χ1v) is 7.44. The molecule has 3 rings (SSSR count). The van der Waals surface area contributed by atoms with Crippen LogP contribution >= 0.6 is 11.6 Å². The van der Waals surface area contributed by atoms with Crippen molar-refractivity contribution in [1.29, 1.82) is 0 Å². The highest BCUT2D eigenvalue weighted by Gasteiger charge is 2.17. The molecule has 1 atom stereocenters. The molecule has 0 fully saturated rings. The zero-order valence-corrected chi connectivity index (χ0v) is 13.3. The third-order valence-electron chi connectivity index (χ3n) is 3.86. The number of nitro benzene ring substituents is 1. The molecule has 0 radical (unpaired) electrons. The van der Waals surface area contributed by atoms with E-state index < -0.39 is 22.2 Å². The SMILES string of the molecule is C[C@H](c1ccc(Cl)cc1)n1c(=O)[nH]c2cc([N+](=O)[O-])ccc2c1=O. The highest BCUT2D eigenvalue weighted by molar-refractivity contribution is 6.30. The first kappa shape index (κ1) is 15.9. The normalized spacial score (nSPS) is 12.2. The number of benzene rings is 2. The summed E-state index contributed by atoms with van der Waals surface area (Å²) >= 11 is 5.85. The molecule has 2 aromatic carbocycles. The Morgan fingerprint density at radius 2 is 1.83 bits per heavy atom. The molecule has 0 saturated carbocycles. The van der Waals surface area contributed by atoms with E-state index in [0.29, 0.717) is 5.02 Å². The van der Waals surface area contributed by atoms with Crippen LogP contribution in [-0.2, 0) is 0 Å². The van der Waals surface area contributed by atoms with E-state index in [2.05, 4.69) is 4.98 Å². The van der Waals surface area contributed by atoms with Crippen LogP contribution in [-0.4, -0.2) is 14.5 Å². The summed E-state index contributed by atoms with van der Waals surface area (Å²) in [5, 5.41) is 11.6. The van der Waals surface area contributed by atoms with Gasteiger partial charge >= 0.3 is 5.69 Å². The Balaban J connectivity index is 2.20. The lowest BCUT2D eigenvalue weighted by Gasteiger charge is -2.15. The van der Waals surface area contributed by atoms with Crippen molar-refractivity contribution >= 4 is 28.2 Å². The van der Waals surface area contributed by atoms with Crippen LogP contribution in [0.5, 0.6) is 0 Å². The van der Waals surface area contributed by atoms with Crippen molar-refractivity contribution < 1.29 is 4.92 Å². The maximum absolute atomic E-state index is 12.7. The van der Waals surface area contributed by atoms with Crippen LogP contribution in [0.15, 0.2) is 52.1 Å². The van der Waals surface area contributed by atoms with Crippen LogP contribution in [0, 0.1) is 10.1 Å². The molecule has 0 spiro atoms. The van der Waals surface area contributed by atoms with E-state index in [9.17, 15) is 19.7 Å². The minimum absolute atomic E-state index is 0.138. The molecule has 0 amide bonds. The van der Waals surface area contributed by atoms with Crippen molar-refractivity contribution in [1.82, 2.24) is 9.55 Å². The number of H-pyrrole nitrogens is 1. The zero-order valence-electron chi connectivity index (χ0n) is 12.5. The molecule has 0 bridgehead atoms. The fraction of sp³-hybridized carbons (Fsp3) is 0.125. The van der Waals surface area contributed by atoms with E-state index in [1.807, 2.05) is 0 Å². The number of halogens is 1. The van der Waals surface area contributed by atoms with E-state index in [-0.39, 0.29) is 16.6 Å².